The Bertz CT molecular complexity index is 884. The molecule has 2 heterocycles. The van der Waals surface area contributed by atoms with Crippen LogP contribution in [0.5, 0.6) is 0 Å². The molecular weight excluding hydrogens is 336 g/mol. The highest BCUT2D eigenvalue weighted by molar-refractivity contribution is 6.31. The average Bonchev–Trinajstić information content (AvgIpc) is 2.64. The average molecular weight is 353 g/mol. The zero-order valence-corrected chi connectivity index (χ0v) is 14.4. The van der Waals surface area contributed by atoms with Crippen LogP contribution in [0.15, 0.2) is 61.1 Å². The highest BCUT2D eigenvalue weighted by Gasteiger charge is 2.09. The molecule has 2 aromatic heterocycles. The fraction of sp³-hybridized carbons (Fsp3) is 0.105. The first kappa shape index (κ1) is 16.9. The van der Waals surface area contributed by atoms with E-state index in [1.54, 1.807) is 30.7 Å². The number of benzene rings is 1. The van der Waals surface area contributed by atoms with Crippen molar-refractivity contribution in [2.75, 3.05) is 5.32 Å². The molecule has 0 aliphatic heterocycles. The molecule has 3 aromatic rings. The predicted octanol–water partition coefficient (Wildman–Crippen LogP) is 4.11. The van der Waals surface area contributed by atoms with Gasteiger partial charge in [-0.25, -0.2) is 0 Å². The van der Waals surface area contributed by atoms with Crippen molar-refractivity contribution in [3.8, 4) is 0 Å². The van der Waals surface area contributed by atoms with E-state index >= 15 is 0 Å². The van der Waals surface area contributed by atoms with Crippen LogP contribution in [0.4, 0.5) is 11.4 Å². The molecule has 0 saturated heterocycles. The van der Waals surface area contributed by atoms with Gasteiger partial charge in [-0.05, 0) is 48.4 Å². The molecule has 0 aliphatic carbocycles. The highest BCUT2D eigenvalue weighted by atomic mass is 35.5. The Hall–Kier alpha value is -2.92. The molecule has 126 valence electrons. The number of carbonyl (C=O) groups excluding carboxylic acids is 1. The van der Waals surface area contributed by atoms with Crippen LogP contribution in [0.1, 0.15) is 21.6 Å². The second-order valence-corrected chi connectivity index (χ2v) is 5.92. The van der Waals surface area contributed by atoms with Gasteiger partial charge in [0.25, 0.3) is 5.91 Å². The van der Waals surface area contributed by atoms with Crippen molar-refractivity contribution in [2.24, 2.45) is 0 Å². The number of nitrogens with one attached hydrogen (secondary N) is 2. The number of rotatable bonds is 5. The fourth-order valence-corrected chi connectivity index (χ4v) is 2.48. The van der Waals surface area contributed by atoms with Crippen molar-refractivity contribution in [3.63, 3.8) is 0 Å². The van der Waals surface area contributed by atoms with E-state index in [1.165, 1.54) is 0 Å². The maximum absolute atomic E-state index is 12.3. The number of carbonyl (C=O) groups is 1. The molecule has 2 N–H and O–H groups in total. The van der Waals surface area contributed by atoms with Crippen LogP contribution in [-0.2, 0) is 6.54 Å². The van der Waals surface area contributed by atoms with Gasteiger partial charge in [0.1, 0.15) is 5.69 Å². The quantitative estimate of drug-likeness (QED) is 0.725. The first-order valence-electron chi connectivity index (χ1n) is 7.79. The van der Waals surface area contributed by atoms with Crippen LogP contribution in [0.25, 0.3) is 0 Å². The van der Waals surface area contributed by atoms with Crippen LogP contribution in [-0.4, -0.2) is 15.9 Å². The SMILES string of the molecule is Cc1c(Cl)cccc1Nc1ccnc(C(=O)NCc2cccnc2)c1. The molecule has 25 heavy (non-hydrogen) atoms. The van der Waals surface area contributed by atoms with Gasteiger partial charge in [0.2, 0.25) is 0 Å². The molecule has 3 rings (SSSR count). The van der Waals surface area contributed by atoms with E-state index in [1.807, 2.05) is 37.3 Å². The Balaban J connectivity index is 1.70. The van der Waals surface area contributed by atoms with E-state index in [-0.39, 0.29) is 5.91 Å². The van der Waals surface area contributed by atoms with Crippen molar-refractivity contribution >= 4 is 28.9 Å². The normalized spacial score (nSPS) is 10.3. The summed E-state index contributed by atoms with van der Waals surface area (Å²) in [5, 5.41) is 6.79. The van der Waals surface area contributed by atoms with E-state index in [9.17, 15) is 4.79 Å². The lowest BCUT2D eigenvalue weighted by atomic mass is 10.2. The van der Waals surface area contributed by atoms with Gasteiger partial charge in [0, 0.05) is 41.5 Å². The van der Waals surface area contributed by atoms with Crippen molar-refractivity contribution in [1.29, 1.82) is 0 Å². The Morgan fingerprint density at radius 1 is 1.16 bits per heavy atom. The molecule has 0 fully saturated rings. The topological polar surface area (TPSA) is 66.9 Å². The van der Waals surface area contributed by atoms with Crippen molar-refractivity contribution in [1.82, 2.24) is 15.3 Å². The molecule has 1 aromatic carbocycles. The minimum Gasteiger partial charge on any atom is -0.355 e. The smallest absolute Gasteiger partial charge is 0.270 e. The number of hydrogen-bond acceptors (Lipinski definition) is 4. The van der Waals surface area contributed by atoms with Crippen LogP contribution >= 0.6 is 11.6 Å². The van der Waals surface area contributed by atoms with Crippen LogP contribution in [0.2, 0.25) is 5.02 Å². The van der Waals surface area contributed by atoms with Crippen LogP contribution in [0.3, 0.4) is 0 Å². The molecule has 0 spiro atoms. The molecule has 0 bridgehead atoms. The first-order valence-corrected chi connectivity index (χ1v) is 8.16. The van der Waals surface area contributed by atoms with Gasteiger partial charge in [-0.15, -0.1) is 0 Å². The Labute approximate surface area is 151 Å². The zero-order valence-electron chi connectivity index (χ0n) is 13.7. The zero-order chi connectivity index (χ0) is 17.6. The molecule has 0 atom stereocenters. The monoisotopic (exact) mass is 352 g/mol. The molecule has 0 unspecified atom stereocenters. The maximum Gasteiger partial charge on any atom is 0.270 e. The van der Waals surface area contributed by atoms with Gasteiger partial charge < -0.3 is 10.6 Å². The van der Waals surface area contributed by atoms with Gasteiger partial charge in [0.05, 0.1) is 0 Å². The maximum atomic E-state index is 12.3. The number of nitrogens with zero attached hydrogens (tertiary/aromatic N) is 2. The minimum atomic E-state index is -0.240. The van der Waals surface area contributed by atoms with E-state index in [0.29, 0.717) is 17.3 Å². The first-order chi connectivity index (χ1) is 12.1. The number of halogens is 1. The standard InChI is InChI=1S/C19H17ClN4O/c1-13-16(20)5-2-6-17(13)24-15-7-9-22-18(10-15)19(25)23-12-14-4-3-8-21-11-14/h2-11H,12H2,1H3,(H,22,24)(H,23,25). The van der Waals surface area contributed by atoms with E-state index < -0.39 is 0 Å². The van der Waals surface area contributed by atoms with Crippen molar-refractivity contribution < 1.29 is 4.79 Å². The van der Waals surface area contributed by atoms with Crippen LogP contribution < -0.4 is 10.6 Å². The molecule has 0 aliphatic rings. The third-order valence-electron chi connectivity index (χ3n) is 3.72. The summed E-state index contributed by atoms with van der Waals surface area (Å²) in [6.07, 6.45) is 5.01. The summed E-state index contributed by atoms with van der Waals surface area (Å²) in [4.78, 5) is 20.5. The lowest BCUT2D eigenvalue weighted by molar-refractivity contribution is 0.0946. The van der Waals surface area contributed by atoms with E-state index in [2.05, 4.69) is 20.6 Å². The molecule has 0 radical (unpaired) electrons. The minimum absolute atomic E-state index is 0.240. The van der Waals surface area contributed by atoms with Gasteiger partial charge in [-0.2, -0.15) is 0 Å². The number of anilines is 2. The van der Waals surface area contributed by atoms with Gasteiger partial charge in [0.15, 0.2) is 0 Å². The molecule has 5 nitrogen and oxygen atoms in total. The Kier molecular flexibility index (Phi) is 5.26. The van der Waals surface area contributed by atoms with Crippen molar-refractivity contribution in [2.45, 2.75) is 13.5 Å². The predicted molar refractivity (Wildman–Crippen MR) is 99.1 cm³/mol. The molecule has 6 heteroatoms. The number of amides is 1. The van der Waals surface area contributed by atoms with Gasteiger partial charge in [-0.3, -0.25) is 14.8 Å². The van der Waals surface area contributed by atoms with E-state index in [4.69, 9.17) is 11.6 Å². The summed E-state index contributed by atoms with van der Waals surface area (Å²) < 4.78 is 0. The highest BCUT2D eigenvalue weighted by Crippen LogP contribution is 2.26. The number of pyridine rings is 2. The van der Waals surface area contributed by atoms with E-state index in [0.717, 1.165) is 22.5 Å². The number of aromatic nitrogens is 2. The largest absolute Gasteiger partial charge is 0.355 e. The summed E-state index contributed by atoms with van der Waals surface area (Å²) in [5.74, 6) is -0.240. The fourth-order valence-electron chi connectivity index (χ4n) is 2.31. The lowest BCUT2D eigenvalue weighted by Gasteiger charge is -2.11. The van der Waals surface area contributed by atoms with Gasteiger partial charge in [-0.1, -0.05) is 23.7 Å². The second kappa shape index (κ2) is 7.77. The summed E-state index contributed by atoms with van der Waals surface area (Å²) in [7, 11) is 0. The summed E-state index contributed by atoms with van der Waals surface area (Å²) in [6.45, 7) is 2.34. The lowest BCUT2D eigenvalue weighted by Crippen LogP contribution is -2.23. The summed E-state index contributed by atoms with van der Waals surface area (Å²) in [5.41, 5.74) is 3.88. The second-order valence-electron chi connectivity index (χ2n) is 5.51. The third-order valence-corrected chi connectivity index (χ3v) is 4.12. The third kappa shape index (κ3) is 4.33. The molecular formula is C19H17ClN4O. The Morgan fingerprint density at radius 3 is 2.84 bits per heavy atom. The van der Waals surface area contributed by atoms with Crippen molar-refractivity contribution in [3.05, 3.63) is 82.9 Å². The van der Waals surface area contributed by atoms with Gasteiger partial charge >= 0.3 is 0 Å². The Morgan fingerprint density at radius 2 is 2.04 bits per heavy atom. The molecule has 0 saturated carbocycles. The van der Waals surface area contributed by atoms with Crippen LogP contribution in [0, 0.1) is 6.92 Å². The summed E-state index contributed by atoms with van der Waals surface area (Å²) in [6, 6.07) is 12.9. The summed E-state index contributed by atoms with van der Waals surface area (Å²) >= 11 is 6.14. The number of hydrogen-bond donors (Lipinski definition) is 2. The molecule has 1 amide bonds.